The number of carbonyl (C=O) groups is 2. The van der Waals surface area contributed by atoms with Gasteiger partial charge in [-0.2, -0.15) is 0 Å². The van der Waals surface area contributed by atoms with Crippen LogP contribution in [0.4, 0.5) is 0 Å². The third-order valence-electron chi connectivity index (χ3n) is 4.57. The van der Waals surface area contributed by atoms with Gasteiger partial charge in [0.2, 0.25) is 0 Å². The lowest BCUT2D eigenvalue weighted by Crippen LogP contribution is -2.33. The lowest BCUT2D eigenvalue weighted by atomic mass is 9.80. The highest BCUT2D eigenvalue weighted by Gasteiger charge is 2.39. The molecule has 2 rings (SSSR count). The summed E-state index contributed by atoms with van der Waals surface area (Å²) in [5.41, 5.74) is 2.94. The van der Waals surface area contributed by atoms with E-state index in [-0.39, 0.29) is 12.7 Å². The highest BCUT2D eigenvalue weighted by Crippen LogP contribution is 2.43. The van der Waals surface area contributed by atoms with Gasteiger partial charge in [-0.3, -0.25) is 0 Å². The lowest BCUT2D eigenvalue weighted by molar-refractivity contribution is -0.143. The van der Waals surface area contributed by atoms with Crippen LogP contribution < -0.4 is 5.32 Å². The van der Waals surface area contributed by atoms with Crippen LogP contribution in [0.3, 0.4) is 0 Å². The molecule has 0 bridgehead atoms. The number of hydrogen-bond donors (Lipinski definition) is 1. The van der Waals surface area contributed by atoms with Crippen molar-refractivity contribution in [2.75, 3.05) is 26.6 Å². The first-order valence-electron chi connectivity index (χ1n) is 9.60. The van der Waals surface area contributed by atoms with E-state index in [9.17, 15) is 9.59 Å². The van der Waals surface area contributed by atoms with Gasteiger partial charge in [-0.1, -0.05) is 15.9 Å². The molecular weight excluding hydrogens is 470 g/mol. The summed E-state index contributed by atoms with van der Waals surface area (Å²) in [6.07, 6.45) is 1.67. The predicted molar refractivity (Wildman–Crippen MR) is 121 cm³/mol. The van der Waals surface area contributed by atoms with Gasteiger partial charge in [-0.05, 0) is 57.7 Å². The van der Waals surface area contributed by atoms with Gasteiger partial charge < -0.3 is 19.5 Å². The van der Waals surface area contributed by atoms with Gasteiger partial charge in [0.25, 0.3) is 0 Å². The quantitative estimate of drug-likeness (QED) is 0.320. The third-order valence-corrected chi connectivity index (χ3v) is 5.87. The maximum Gasteiger partial charge on any atom is 0.337 e. The number of methoxy groups -OCH3 is 1. The van der Waals surface area contributed by atoms with Gasteiger partial charge in [0.05, 0.1) is 29.8 Å². The van der Waals surface area contributed by atoms with E-state index in [1.165, 1.54) is 0 Å². The first-order chi connectivity index (χ1) is 14.2. The van der Waals surface area contributed by atoms with Gasteiger partial charge in [-0.25, -0.2) is 9.59 Å². The molecule has 0 unspecified atom stereocenters. The number of dihydropyridines is 1. The molecule has 0 spiro atoms. The van der Waals surface area contributed by atoms with Crippen molar-refractivity contribution >= 4 is 39.6 Å². The second kappa shape index (κ2) is 11.0. The Kier molecular flexibility index (Phi) is 9.00. The topological polar surface area (TPSA) is 73.9 Å². The van der Waals surface area contributed by atoms with Gasteiger partial charge in [0.1, 0.15) is 6.61 Å². The number of carbonyl (C=O) groups excluding carboxylic acids is 2. The van der Waals surface area contributed by atoms with Crippen LogP contribution in [0.15, 0.2) is 50.1 Å². The molecule has 1 heterocycles. The Hall–Kier alpha value is -1.77. The molecule has 0 saturated carbocycles. The second-order valence-corrected chi connectivity index (χ2v) is 8.87. The summed E-state index contributed by atoms with van der Waals surface area (Å²) in [5, 5.41) is 3.16. The first-order valence-corrected chi connectivity index (χ1v) is 11.6. The molecule has 0 saturated heterocycles. The van der Waals surface area contributed by atoms with E-state index >= 15 is 0 Å². The number of rotatable bonds is 8. The van der Waals surface area contributed by atoms with Gasteiger partial charge in [0.15, 0.2) is 0 Å². The van der Waals surface area contributed by atoms with Crippen molar-refractivity contribution in [2.24, 2.45) is 0 Å². The standard InChI is InChI=1S/C22H28BrNO5S/c1-12(2)29-22(26)19-14(4)24-13(3)18(21(25)28-10-9-27-5)20(19)16-11-15(23)7-8-17(16)30-6/h7-8,11-12,20,24H,9-10H2,1-6H3/t20-/m1/s1. The molecule has 30 heavy (non-hydrogen) atoms. The fourth-order valence-corrected chi connectivity index (χ4v) is 4.35. The molecule has 1 N–H and O–H groups in total. The van der Waals surface area contributed by atoms with Crippen molar-refractivity contribution in [3.05, 3.63) is 50.8 Å². The van der Waals surface area contributed by atoms with Crippen LogP contribution in [0.5, 0.6) is 0 Å². The van der Waals surface area contributed by atoms with E-state index in [1.54, 1.807) is 32.7 Å². The summed E-state index contributed by atoms with van der Waals surface area (Å²) in [5.74, 6) is -1.56. The van der Waals surface area contributed by atoms with E-state index in [2.05, 4.69) is 21.2 Å². The van der Waals surface area contributed by atoms with Crippen molar-refractivity contribution in [1.82, 2.24) is 5.32 Å². The molecule has 164 valence electrons. The zero-order valence-electron chi connectivity index (χ0n) is 18.1. The van der Waals surface area contributed by atoms with Gasteiger partial charge in [-0.15, -0.1) is 11.8 Å². The van der Waals surface area contributed by atoms with Crippen LogP contribution in [-0.4, -0.2) is 44.6 Å². The minimum atomic E-state index is -0.618. The summed E-state index contributed by atoms with van der Waals surface area (Å²) < 4.78 is 16.8. The number of esters is 2. The van der Waals surface area contributed by atoms with Crippen LogP contribution in [0.2, 0.25) is 0 Å². The summed E-state index contributed by atoms with van der Waals surface area (Å²) in [6, 6.07) is 5.84. The lowest BCUT2D eigenvalue weighted by Gasteiger charge is -2.31. The highest BCUT2D eigenvalue weighted by molar-refractivity contribution is 9.10. The van der Waals surface area contributed by atoms with E-state index < -0.39 is 17.9 Å². The second-order valence-electron chi connectivity index (χ2n) is 7.10. The molecule has 1 atom stereocenters. The summed E-state index contributed by atoms with van der Waals surface area (Å²) >= 11 is 5.07. The zero-order chi connectivity index (χ0) is 22.4. The average molecular weight is 498 g/mol. The SMILES string of the molecule is COCCOC(=O)C1=C(C)NC(C)=C(C(=O)OC(C)C)[C@@H]1c1cc(Br)ccc1SC. The average Bonchev–Trinajstić information content (AvgIpc) is 2.66. The van der Waals surface area contributed by atoms with Crippen molar-refractivity contribution in [3.8, 4) is 0 Å². The Labute approximate surface area is 190 Å². The summed E-state index contributed by atoms with van der Waals surface area (Å²) in [6.45, 7) is 7.64. The molecule has 1 aliphatic heterocycles. The van der Waals surface area contributed by atoms with Crippen LogP contribution in [-0.2, 0) is 23.8 Å². The molecule has 0 radical (unpaired) electrons. The maximum atomic E-state index is 13.1. The van der Waals surface area contributed by atoms with E-state index in [0.29, 0.717) is 29.1 Å². The summed E-state index contributed by atoms with van der Waals surface area (Å²) in [4.78, 5) is 27.1. The fraction of sp³-hybridized carbons (Fsp3) is 0.455. The van der Waals surface area contributed by atoms with Crippen molar-refractivity contribution in [2.45, 2.75) is 44.6 Å². The Morgan fingerprint density at radius 2 is 1.77 bits per heavy atom. The molecule has 1 aromatic carbocycles. The smallest absolute Gasteiger partial charge is 0.337 e. The molecule has 0 aromatic heterocycles. The Bertz CT molecular complexity index is 878. The van der Waals surface area contributed by atoms with Crippen LogP contribution in [0.1, 0.15) is 39.2 Å². The van der Waals surface area contributed by atoms with Gasteiger partial charge in [0, 0.05) is 27.9 Å². The minimum Gasteiger partial charge on any atom is -0.460 e. The number of nitrogens with one attached hydrogen (secondary N) is 1. The molecule has 0 amide bonds. The van der Waals surface area contributed by atoms with E-state index in [1.807, 2.05) is 38.3 Å². The van der Waals surface area contributed by atoms with Crippen LogP contribution in [0.25, 0.3) is 0 Å². The predicted octanol–water partition coefficient (Wildman–Crippen LogP) is 4.55. The molecule has 1 aromatic rings. The highest BCUT2D eigenvalue weighted by atomic mass is 79.9. The largest absolute Gasteiger partial charge is 0.460 e. The monoisotopic (exact) mass is 497 g/mol. The van der Waals surface area contributed by atoms with Crippen molar-refractivity contribution < 1.29 is 23.8 Å². The number of ether oxygens (including phenoxy) is 3. The molecular formula is C22H28BrNO5S. The van der Waals surface area contributed by atoms with Crippen LogP contribution >= 0.6 is 27.7 Å². The zero-order valence-corrected chi connectivity index (χ0v) is 20.5. The molecule has 1 aliphatic rings. The molecule has 0 fully saturated rings. The number of hydrogen-bond acceptors (Lipinski definition) is 7. The molecule has 8 heteroatoms. The number of thioether (sulfide) groups is 1. The molecule has 6 nitrogen and oxygen atoms in total. The number of benzene rings is 1. The van der Waals surface area contributed by atoms with E-state index in [4.69, 9.17) is 14.2 Å². The first kappa shape index (κ1) is 24.5. The fourth-order valence-electron chi connectivity index (χ4n) is 3.35. The van der Waals surface area contributed by atoms with Gasteiger partial charge >= 0.3 is 11.9 Å². The molecule has 0 aliphatic carbocycles. The summed E-state index contributed by atoms with van der Waals surface area (Å²) in [7, 11) is 1.54. The minimum absolute atomic E-state index is 0.126. The Morgan fingerprint density at radius 3 is 2.33 bits per heavy atom. The third kappa shape index (κ3) is 5.68. The number of allylic oxidation sites excluding steroid dienone is 2. The Morgan fingerprint density at radius 1 is 1.13 bits per heavy atom. The van der Waals surface area contributed by atoms with E-state index in [0.717, 1.165) is 14.9 Å². The van der Waals surface area contributed by atoms with Crippen molar-refractivity contribution in [3.63, 3.8) is 0 Å². The van der Waals surface area contributed by atoms with Crippen molar-refractivity contribution in [1.29, 1.82) is 0 Å². The van der Waals surface area contributed by atoms with Crippen LogP contribution in [0, 0.1) is 0 Å². The Balaban J connectivity index is 2.65. The number of halogens is 1. The maximum absolute atomic E-state index is 13.1. The normalized spacial score (nSPS) is 16.6.